The maximum atomic E-state index is 6.60. The molecule has 0 saturated carbocycles. The molecule has 0 aromatic heterocycles. The monoisotopic (exact) mass is 321 g/mol. The van der Waals surface area contributed by atoms with Crippen LogP contribution in [0.15, 0.2) is 87.9 Å². The summed E-state index contributed by atoms with van der Waals surface area (Å²) in [6.45, 7) is 0. The average Bonchev–Trinajstić information content (AvgIpc) is 2.61. The molecule has 1 aliphatic rings. The summed E-state index contributed by atoms with van der Waals surface area (Å²) in [5, 5.41) is 0.881. The number of para-hydroxylation sites is 1. The van der Waals surface area contributed by atoms with Gasteiger partial charge >= 0.3 is 0 Å². The van der Waals surface area contributed by atoms with Crippen LogP contribution in [0.1, 0.15) is 24.8 Å². The minimum atomic E-state index is 0.881. The fourth-order valence-corrected chi connectivity index (χ4v) is 3.04. The van der Waals surface area contributed by atoms with Crippen molar-refractivity contribution in [3.05, 3.63) is 88.5 Å². The molecule has 0 heterocycles. The van der Waals surface area contributed by atoms with Gasteiger partial charge in [0.25, 0.3) is 0 Å². The molecule has 0 saturated heterocycles. The molecule has 116 valence electrons. The van der Waals surface area contributed by atoms with Gasteiger partial charge in [-0.2, -0.15) is 0 Å². The van der Waals surface area contributed by atoms with Crippen molar-refractivity contribution in [1.82, 2.24) is 0 Å². The first-order valence-corrected chi connectivity index (χ1v) is 8.42. The Hall–Kier alpha value is -2.12. The van der Waals surface area contributed by atoms with Crippen LogP contribution in [0, 0.1) is 0 Å². The van der Waals surface area contributed by atoms with E-state index in [0.29, 0.717) is 0 Å². The average molecular weight is 322 g/mol. The minimum absolute atomic E-state index is 0.881. The Bertz CT molecular complexity index is 727. The molecular formula is C21H20ClN. The molecule has 3 rings (SSSR count). The molecule has 2 aromatic carbocycles. The molecule has 1 aliphatic carbocycles. The molecule has 0 radical (unpaired) electrons. The lowest BCUT2D eigenvalue weighted by Gasteiger charge is -2.16. The van der Waals surface area contributed by atoms with E-state index in [1.54, 1.807) is 0 Å². The molecule has 2 aromatic rings. The first kappa shape index (κ1) is 15.8. The standard InChI is InChI=1S/C21H20ClN/c22-21-18(15-14-17-8-3-1-4-9-17)10-7-11-19(21)16-23-20-12-5-2-6-13-20/h1-6,8-9,12-13,15-16H,7,10-11,14H2/b18-15+,23-16?. The van der Waals surface area contributed by atoms with Gasteiger partial charge in [-0.3, -0.25) is 4.99 Å². The third kappa shape index (κ3) is 4.43. The Morgan fingerprint density at radius 2 is 1.61 bits per heavy atom. The zero-order valence-corrected chi connectivity index (χ0v) is 13.8. The van der Waals surface area contributed by atoms with E-state index in [1.165, 1.54) is 11.1 Å². The lowest BCUT2D eigenvalue weighted by molar-refractivity contribution is 0.797. The van der Waals surface area contributed by atoms with E-state index in [4.69, 9.17) is 11.6 Å². The van der Waals surface area contributed by atoms with Gasteiger partial charge in [-0.25, -0.2) is 0 Å². The Kier molecular flexibility index (Phi) is 5.44. The topological polar surface area (TPSA) is 12.4 Å². The highest BCUT2D eigenvalue weighted by Crippen LogP contribution is 2.32. The van der Waals surface area contributed by atoms with Gasteiger partial charge in [0.15, 0.2) is 0 Å². The molecule has 1 nitrogen and oxygen atoms in total. The first-order chi connectivity index (χ1) is 11.3. The third-order valence-electron chi connectivity index (χ3n) is 4.01. The predicted octanol–water partition coefficient (Wildman–Crippen LogP) is 6.23. The molecule has 0 atom stereocenters. The van der Waals surface area contributed by atoms with Crippen molar-refractivity contribution in [2.45, 2.75) is 25.7 Å². The fraction of sp³-hybridized carbons (Fsp3) is 0.190. The van der Waals surface area contributed by atoms with Gasteiger partial charge in [0, 0.05) is 11.2 Å². The quantitative estimate of drug-likeness (QED) is 0.591. The van der Waals surface area contributed by atoms with E-state index >= 15 is 0 Å². The lowest BCUT2D eigenvalue weighted by Crippen LogP contribution is -2.01. The SMILES string of the molecule is ClC1=C(C=Nc2ccccc2)CCC/C1=C\Cc1ccccc1. The van der Waals surface area contributed by atoms with Gasteiger partial charge in [-0.05, 0) is 54.5 Å². The number of hydrogen-bond donors (Lipinski definition) is 0. The van der Waals surface area contributed by atoms with E-state index in [1.807, 2.05) is 42.6 Å². The van der Waals surface area contributed by atoms with Crippen molar-refractivity contribution in [2.75, 3.05) is 0 Å². The highest BCUT2D eigenvalue weighted by Gasteiger charge is 2.14. The van der Waals surface area contributed by atoms with Gasteiger partial charge in [-0.1, -0.05) is 66.2 Å². The van der Waals surface area contributed by atoms with Gasteiger partial charge in [0.1, 0.15) is 0 Å². The molecule has 0 N–H and O–H groups in total. The molecule has 0 amide bonds. The highest BCUT2D eigenvalue weighted by molar-refractivity contribution is 6.33. The fourth-order valence-electron chi connectivity index (χ4n) is 2.73. The van der Waals surface area contributed by atoms with Crippen molar-refractivity contribution in [3.63, 3.8) is 0 Å². The molecular weight excluding hydrogens is 302 g/mol. The summed E-state index contributed by atoms with van der Waals surface area (Å²) < 4.78 is 0. The number of aliphatic imine (C=N–C) groups is 1. The number of halogens is 1. The predicted molar refractivity (Wildman–Crippen MR) is 99.6 cm³/mol. The third-order valence-corrected chi connectivity index (χ3v) is 4.49. The van der Waals surface area contributed by atoms with E-state index < -0.39 is 0 Å². The van der Waals surface area contributed by atoms with Crippen LogP contribution in [-0.4, -0.2) is 6.21 Å². The second kappa shape index (κ2) is 7.94. The summed E-state index contributed by atoms with van der Waals surface area (Å²) in [5.41, 5.74) is 4.66. The Balaban J connectivity index is 1.76. The van der Waals surface area contributed by atoms with Gasteiger partial charge in [-0.15, -0.1) is 0 Å². The van der Waals surface area contributed by atoms with Crippen LogP contribution in [0.3, 0.4) is 0 Å². The van der Waals surface area contributed by atoms with Crippen molar-refractivity contribution in [3.8, 4) is 0 Å². The van der Waals surface area contributed by atoms with Crippen molar-refractivity contribution < 1.29 is 0 Å². The lowest BCUT2D eigenvalue weighted by atomic mass is 9.94. The number of nitrogens with zero attached hydrogens (tertiary/aromatic N) is 1. The smallest absolute Gasteiger partial charge is 0.0629 e. The summed E-state index contributed by atoms with van der Waals surface area (Å²) in [5.74, 6) is 0. The van der Waals surface area contributed by atoms with E-state index in [2.05, 4.69) is 35.3 Å². The Labute approximate surface area is 143 Å². The Morgan fingerprint density at radius 1 is 0.913 bits per heavy atom. The maximum Gasteiger partial charge on any atom is 0.0629 e. The molecule has 0 fully saturated rings. The summed E-state index contributed by atoms with van der Waals surface area (Å²) >= 11 is 6.60. The van der Waals surface area contributed by atoms with Crippen LogP contribution in [-0.2, 0) is 6.42 Å². The first-order valence-electron chi connectivity index (χ1n) is 8.04. The van der Waals surface area contributed by atoms with E-state index in [0.717, 1.165) is 42.0 Å². The number of allylic oxidation sites excluding steroid dienone is 4. The van der Waals surface area contributed by atoms with Crippen LogP contribution in [0.4, 0.5) is 5.69 Å². The summed E-state index contributed by atoms with van der Waals surface area (Å²) in [6, 6.07) is 20.5. The van der Waals surface area contributed by atoms with E-state index in [-0.39, 0.29) is 0 Å². The van der Waals surface area contributed by atoms with Crippen molar-refractivity contribution in [1.29, 1.82) is 0 Å². The normalized spacial score (nSPS) is 17.2. The van der Waals surface area contributed by atoms with Gasteiger partial charge in [0.2, 0.25) is 0 Å². The maximum absolute atomic E-state index is 6.60. The summed E-state index contributed by atoms with van der Waals surface area (Å²) in [4.78, 5) is 4.54. The van der Waals surface area contributed by atoms with Crippen LogP contribution >= 0.6 is 11.6 Å². The van der Waals surface area contributed by atoms with Gasteiger partial charge in [0.05, 0.1) is 5.69 Å². The largest absolute Gasteiger partial charge is 0.257 e. The number of hydrogen-bond acceptors (Lipinski definition) is 1. The van der Waals surface area contributed by atoms with Crippen LogP contribution in [0.5, 0.6) is 0 Å². The molecule has 0 spiro atoms. The van der Waals surface area contributed by atoms with Crippen LogP contribution in [0.2, 0.25) is 0 Å². The minimum Gasteiger partial charge on any atom is -0.257 e. The second-order valence-electron chi connectivity index (χ2n) is 5.71. The van der Waals surface area contributed by atoms with Crippen LogP contribution < -0.4 is 0 Å². The number of rotatable bonds is 4. The Morgan fingerprint density at radius 3 is 2.35 bits per heavy atom. The highest BCUT2D eigenvalue weighted by atomic mass is 35.5. The van der Waals surface area contributed by atoms with Gasteiger partial charge < -0.3 is 0 Å². The molecule has 2 heteroatoms. The molecule has 0 unspecified atom stereocenters. The van der Waals surface area contributed by atoms with Crippen molar-refractivity contribution >= 4 is 23.5 Å². The van der Waals surface area contributed by atoms with Crippen molar-refractivity contribution in [2.24, 2.45) is 4.99 Å². The second-order valence-corrected chi connectivity index (χ2v) is 6.08. The number of benzene rings is 2. The molecule has 23 heavy (non-hydrogen) atoms. The van der Waals surface area contributed by atoms with Crippen LogP contribution in [0.25, 0.3) is 0 Å². The molecule has 0 aliphatic heterocycles. The zero-order chi connectivity index (χ0) is 15.9. The molecule has 0 bridgehead atoms. The summed E-state index contributed by atoms with van der Waals surface area (Å²) in [6.07, 6.45) is 8.29. The summed E-state index contributed by atoms with van der Waals surface area (Å²) in [7, 11) is 0. The zero-order valence-electron chi connectivity index (χ0n) is 13.1. The van der Waals surface area contributed by atoms with E-state index in [9.17, 15) is 0 Å².